The lowest BCUT2D eigenvalue weighted by Crippen LogP contribution is -1.96. The van der Waals surface area contributed by atoms with Crippen molar-refractivity contribution in [2.75, 3.05) is 0 Å². The molecule has 2 aromatic rings. The van der Waals surface area contributed by atoms with Crippen LogP contribution in [0.1, 0.15) is 11.1 Å². The molecule has 2 N–H and O–H groups in total. The highest BCUT2D eigenvalue weighted by Gasteiger charge is 2.11. The van der Waals surface area contributed by atoms with Gasteiger partial charge in [-0.25, -0.2) is 0 Å². The topological polar surface area (TPSA) is 40.5 Å². The zero-order chi connectivity index (χ0) is 14.9. The Morgan fingerprint density at radius 3 is 1.10 bits per heavy atom. The van der Waals surface area contributed by atoms with Gasteiger partial charge in [0.1, 0.15) is 11.5 Å². The molecule has 0 fully saturated rings. The van der Waals surface area contributed by atoms with Crippen LogP contribution in [-0.4, -0.2) is 10.2 Å². The molecule has 0 unspecified atom stereocenters. The Kier molecular flexibility index (Phi) is 5.56. The molecule has 0 aliphatic carbocycles. The third-order valence-electron chi connectivity index (χ3n) is 2.88. The molecular formula is C14H10Br4O2. The van der Waals surface area contributed by atoms with E-state index in [1.165, 1.54) is 0 Å². The molecule has 20 heavy (non-hydrogen) atoms. The van der Waals surface area contributed by atoms with Gasteiger partial charge < -0.3 is 10.2 Å². The number of hydrogen-bond acceptors (Lipinski definition) is 2. The molecule has 2 rings (SSSR count). The molecular weight excluding hydrogens is 520 g/mol. The molecule has 6 heteroatoms. The minimum atomic E-state index is 0.222. The van der Waals surface area contributed by atoms with E-state index in [-0.39, 0.29) is 11.5 Å². The lowest BCUT2D eigenvalue weighted by molar-refractivity contribution is 0.473. The average molecular weight is 530 g/mol. The lowest BCUT2D eigenvalue weighted by atomic mass is 10.0. The Balaban J connectivity index is 2.26. The number of halogens is 4. The second-order valence-corrected chi connectivity index (χ2v) is 7.69. The first-order chi connectivity index (χ1) is 9.38. The summed E-state index contributed by atoms with van der Waals surface area (Å²) in [6.45, 7) is 0. The third kappa shape index (κ3) is 3.78. The quantitative estimate of drug-likeness (QED) is 0.517. The average Bonchev–Trinajstić information content (AvgIpc) is 2.30. The van der Waals surface area contributed by atoms with E-state index in [0.29, 0.717) is 0 Å². The summed E-state index contributed by atoms with van der Waals surface area (Å²) in [5.41, 5.74) is 2.18. The van der Waals surface area contributed by atoms with Gasteiger partial charge in [0.25, 0.3) is 0 Å². The standard InChI is InChI=1S/C14H10Br4O2/c15-11-3-7(19)4-12(16)9(11)1-2-10-13(17)5-8(20)6-14(10)18/h3-6,19-20H,1-2H2. The monoisotopic (exact) mass is 526 g/mol. The van der Waals surface area contributed by atoms with Crippen LogP contribution in [0.4, 0.5) is 0 Å². The predicted molar refractivity (Wildman–Crippen MR) is 94.4 cm³/mol. The van der Waals surface area contributed by atoms with E-state index in [9.17, 15) is 10.2 Å². The SMILES string of the molecule is Oc1cc(Br)c(CCc2c(Br)cc(O)cc2Br)c(Br)c1. The molecule has 0 heterocycles. The van der Waals surface area contributed by atoms with Gasteiger partial charge in [-0.15, -0.1) is 0 Å². The smallest absolute Gasteiger partial charge is 0.117 e. The maximum Gasteiger partial charge on any atom is 0.117 e. The Labute approximate surface area is 150 Å². The second kappa shape index (κ2) is 6.81. The van der Waals surface area contributed by atoms with E-state index in [2.05, 4.69) is 63.7 Å². The molecule has 0 saturated heterocycles. The van der Waals surface area contributed by atoms with Gasteiger partial charge in [0, 0.05) is 17.9 Å². The highest BCUT2D eigenvalue weighted by atomic mass is 79.9. The maximum atomic E-state index is 9.52. The van der Waals surface area contributed by atoms with Crippen LogP contribution in [0.15, 0.2) is 42.2 Å². The number of phenolic OH excluding ortho intramolecular Hbond substituents is 2. The number of benzene rings is 2. The lowest BCUT2D eigenvalue weighted by Gasteiger charge is -2.11. The van der Waals surface area contributed by atoms with Crippen LogP contribution in [0.3, 0.4) is 0 Å². The van der Waals surface area contributed by atoms with E-state index in [4.69, 9.17) is 0 Å². The fourth-order valence-corrected chi connectivity index (χ4v) is 5.02. The van der Waals surface area contributed by atoms with Crippen LogP contribution in [0.25, 0.3) is 0 Å². The zero-order valence-corrected chi connectivity index (χ0v) is 16.5. The Morgan fingerprint density at radius 1 is 0.600 bits per heavy atom. The molecule has 0 bridgehead atoms. The summed E-state index contributed by atoms with van der Waals surface area (Å²) >= 11 is 13.9. The molecule has 0 spiro atoms. The van der Waals surface area contributed by atoms with Crippen LogP contribution >= 0.6 is 63.7 Å². The van der Waals surface area contributed by atoms with Gasteiger partial charge in [0.2, 0.25) is 0 Å². The molecule has 2 aromatic carbocycles. The molecule has 0 aliphatic rings. The number of aromatic hydroxyl groups is 2. The summed E-state index contributed by atoms with van der Waals surface area (Å²) < 4.78 is 3.48. The Morgan fingerprint density at radius 2 is 0.850 bits per heavy atom. The third-order valence-corrected chi connectivity index (χ3v) is 5.71. The van der Waals surface area contributed by atoms with Crippen molar-refractivity contribution < 1.29 is 10.2 Å². The van der Waals surface area contributed by atoms with Crippen LogP contribution < -0.4 is 0 Å². The number of rotatable bonds is 3. The fraction of sp³-hybridized carbons (Fsp3) is 0.143. The molecule has 0 aliphatic heterocycles. The van der Waals surface area contributed by atoms with Crippen molar-refractivity contribution in [2.45, 2.75) is 12.8 Å². The first-order valence-corrected chi connectivity index (χ1v) is 8.89. The van der Waals surface area contributed by atoms with Gasteiger partial charge in [0.05, 0.1) is 0 Å². The van der Waals surface area contributed by atoms with Crippen LogP contribution in [0.5, 0.6) is 11.5 Å². The first-order valence-electron chi connectivity index (χ1n) is 5.72. The largest absolute Gasteiger partial charge is 0.508 e. The summed E-state index contributed by atoms with van der Waals surface area (Å²) in [5, 5.41) is 19.0. The summed E-state index contributed by atoms with van der Waals surface area (Å²) in [6, 6.07) is 6.73. The normalized spacial score (nSPS) is 10.8. The summed E-state index contributed by atoms with van der Waals surface area (Å²) in [6.07, 6.45) is 1.59. The van der Waals surface area contributed by atoms with Crippen LogP contribution in [-0.2, 0) is 12.8 Å². The van der Waals surface area contributed by atoms with Crippen molar-refractivity contribution in [1.82, 2.24) is 0 Å². The Bertz CT molecular complexity index is 552. The summed E-state index contributed by atoms with van der Waals surface area (Å²) in [4.78, 5) is 0. The molecule has 0 atom stereocenters. The highest BCUT2D eigenvalue weighted by molar-refractivity contribution is 9.11. The van der Waals surface area contributed by atoms with Crippen molar-refractivity contribution in [1.29, 1.82) is 0 Å². The second-order valence-electron chi connectivity index (χ2n) is 4.28. The van der Waals surface area contributed by atoms with E-state index < -0.39 is 0 Å². The van der Waals surface area contributed by atoms with Gasteiger partial charge >= 0.3 is 0 Å². The Hall–Kier alpha value is -0.0400. The molecule has 2 nitrogen and oxygen atoms in total. The maximum absolute atomic E-state index is 9.52. The van der Waals surface area contributed by atoms with Gasteiger partial charge in [-0.3, -0.25) is 0 Å². The molecule has 0 radical (unpaired) electrons. The first kappa shape index (κ1) is 16.3. The molecule has 0 aromatic heterocycles. The van der Waals surface area contributed by atoms with E-state index in [1.807, 2.05) is 0 Å². The number of phenols is 2. The van der Waals surface area contributed by atoms with Gasteiger partial charge in [-0.1, -0.05) is 63.7 Å². The van der Waals surface area contributed by atoms with Crippen LogP contribution in [0.2, 0.25) is 0 Å². The van der Waals surface area contributed by atoms with E-state index in [1.54, 1.807) is 24.3 Å². The van der Waals surface area contributed by atoms with Crippen molar-refractivity contribution in [3.63, 3.8) is 0 Å². The van der Waals surface area contributed by atoms with Gasteiger partial charge in [-0.2, -0.15) is 0 Å². The summed E-state index contributed by atoms with van der Waals surface area (Å²) in [5.74, 6) is 0.444. The minimum absolute atomic E-state index is 0.222. The minimum Gasteiger partial charge on any atom is -0.508 e. The fourth-order valence-electron chi connectivity index (χ4n) is 1.91. The van der Waals surface area contributed by atoms with Crippen molar-refractivity contribution in [3.05, 3.63) is 53.3 Å². The van der Waals surface area contributed by atoms with Crippen molar-refractivity contribution in [2.24, 2.45) is 0 Å². The van der Waals surface area contributed by atoms with E-state index >= 15 is 0 Å². The molecule has 0 saturated carbocycles. The number of hydrogen-bond donors (Lipinski definition) is 2. The summed E-state index contributed by atoms with van der Waals surface area (Å²) in [7, 11) is 0. The molecule has 0 amide bonds. The predicted octanol–water partition coefficient (Wildman–Crippen LogP) is 5.93. The van der Waals surface area contributed by atoms with Crippen molar-refractivity contribution >= 4 is 63.7 Å². The van der Waals surface area contributed by atoms with Gasteiger partial charge in [-0.05, 0) is 48.2 Å². The zero-order valence-electron chi connectivity index (χ0n) is 10.1. The van der Waals surface area contributed by atoms with Gasteiger partial charge in [0.15, 0.2) is 0 Å². The van der Waals surface area contributed by atoms with Crippen LogP contribution in [0, 0.1) is 0 Å². The van der Waals surface area contributed by atoms with Crippen molar-refractivity contribution in [3.8, 4) is 11.5 Å². The highest BCUT2D eigenvalue weighted by Crippen LogP contribution is 2.34. The molecule has 106 valence electrons. The van der Waals surface area contributed by atoms with E-state index in [0.717, 1.165) is 41.9 Å².